The van der Waals surface area contributed by atoms with E-state index >= 15 is 0 Å². The fourth-order valence-electron chi connectivity index (χ4n) is 0. The van der Waals surface area contributed by atoms with Gasteiger partial charge in [0.05, 0.1) is 0 Å². The van der Waals surface area contributed by atoms with Crippen molar-refractivity contribution < 1.29 is 75.5 Å². The van der Waals surface area contributed by atoms with Crippen molar-refractivity contribution in [2.24, 2.45) is 0 Å². The van der Waals surface area contributed by atoms with Crippen LogP contribution in [0.2, 0.25) is 0 Å². The first-order chi connectivity index (χ1) is 3.46. The zero-order valence-corrected chi connectivity index (χ0v) is 11.0. The van der Waals surface area contributed by atoms with Crippen molar-refractivity contribution in [1.29, 1.82) is 0 Å². The second-order valence-electron chi connectivity index (χ2n) is 1.04. The van der Waals surface area contributed by atoms with Gasteiger partial charge in [0.1, 0.15) is 0 Å². The van der Waals surface area contributed by atoms with E-state index in [4.69, 9.17) is 19.8 Å². The molecule has 6 heteroatoms. The fraction of sp³-hybridized carbons (Fsp3) is 0.500. The van der Waals surface area contributed by atoms with E-state index < -0.39 is 11.9 Å². The van der Waals surface area contributed by atoms with Crippen LogP contribution in [-0.2, 0) is 9.59 Å². The summed E-state index contributed by atoms with van der Waals surface area (Å²) in [6.45, 7) is 2.17. The van der Waals surface area contributed by atoms with Crippen LogP contribution in [0.5, 0.6) is 0 Å². The molecule has 0 fully saturated rings. The molecule has 0 spiro atoms. The minimum Gasteiger partial charge on any atom is -1.00 e. The Morgan fingerprint density at radius 2 is 1.10 bits per heavy atom. The van der Waals surface area contributed by atoms with Gasteiger partial charge in [-0.25, -0.2) is 0 Å². The Hall–Kier alpha value is 1.34. The summed E-state index contributed by atoms with van der Waals surface area (Å²) in [4.78, 5) is 18.0. The first-order valence-electron chi connectivity index (χ1n) is 1.86. The number of carboxylic acids is 2. The third kappa shape index (κ3) is 361. The number of hydrogen-bond acceptors (Lipinski definition) is 2. The summed E-state index contributed by atoms with van der Waals surface area (Å²) in [5, 5.41) is 14.8. The van der Waals surface area contributed by atoms with E-state index in [0.29, 0.717) is 0 Å². The van der Waals surface area contributed by atoms with Crippen LogP contribution in [-0.4, -0.2) is 45.2 Å². The molecule has 54 valence electrons. The zero-order chi connectivity index (χ0) is 7.15. The zero-order valence-electron chi connectivity index (χ0n) is 9.42. The molecule has 0 unspecified atom stereocenters. The minimum absolute atomic E-state index is 0. The predicted octanol–water partition coefficient (Wildman–Crippen LogP) is -2.86. The normalized spacial score (nSPS) is 5.00. The van der Waals surface area contributed by atoms with Crippen molar-refractivity contribution in [2.75, 3.05) is 0 Å². The Balaban J connectivity index is -0.00000000800. The molecule has 0 aromatic carbocycles. The first-order valence-corrected chi connectivity index (χ1v) is 1.86. The van der Waals surface area contributed by atoms with E-state index in [9.17, 15) is 0 Å². The van der Waals surface area contributed by atoms with Crippen LogP contribution in [0, 0.1) is 0 Å². The van der Waals surface area contributed by atoms with Crippen molar-refractivity contribution in [3.63, 3.8) is 0 Å². The van der Waals surface area contributed by atoms with Crippen LogP contribution in [0.3, 0.4) is 0 Å². The van der Waals surface area contributed by atoms with Gasteiger partial charge in [0, 0.05) is 13.8 Å². The molecular weight excluding hydrogens is 175 g/mol. The molecule has 4 nitrogen and oxygen atoms in total. The molecule has 0 aromatic heterocycles. The molecule has 0 aromatic rings. The van der Waals surface area contributed by atoms with Crippen molar-refractivity contribution >= 4 is 35.0 Å². The maximum Gasteiger partial charge on any atom is 2.00 e. The molecule has 0 bridgehead atoms. The van der Waals surface area contributed by atoms with Gasteiger partial charge in [0.25, 0.3) is 11.9 Å². The van der Waals surface area contributed by atoms with Gasteiger partial charge >= 0.3 is 74.4 Å². The summed E-state index contributed by atoms with van der Waals surface area (Å²) in [5.41, 5.74) is 0. The summed E-state index contributed by atoms with van der Waals surface area (Å²) < 4.78 is 0. The van der Waals surface area contributed by atoms with Gasteiger partial charge in [-0.1, -0.05) is 0 Å². The van der Waals surface area contributed by atoms with Crippen LogP contribution in [0.4, 0.5) is 0 Å². The van der Waals surface area contributed by atoms with Crippen LogP contribution < -0.4 is 51.4 Å². The van der Waals surface area contributed by atoms with E-state index in [0.717, 1.165) is 13.8 Å². The smallest absolute Gasteiger partial charge is 1.00 e. The summed E-state index contributed by atoms with van der Waals surface area (Å²) in [6, 6.07) is 0. The molecule has 0 saturated heterocycles. The van der Waals surface area contributed by atoms with Crippen molar-refractivity contribution in [1.82, 2.24) is 0 Å². The molecular formula is C4H11KMgO4. The minimum atomic E-state index is -0.833. The third-order valence-electron chi connectivity index (χ3n) is 0. The average Bonchev–Trinajstić information content (AvgIpc) is 1.25. The molecule has 0 rings (SSSR count). The van der Waals surface area contributed by atoms with Crippen LogP contribution in [0.25, 0.3) is 0 Å². The molecule has 0 aliphatic carbocycles. The Morgan fingerprint density at radius 3 is 1.10 bits per heavy atom. The van der Waals surface area contributed by atoms with E-state index in [1.807, 2.05) is 0 Å². The second kappa shape index (κ2) is 16.7. The van der Waals surface area contributed by atoms with Crippen LogP contribution >= 0.6 is 0 Å². The Bertz CT molecular complexity index is 85.4. The number of hydrogen-bond donors (Lipinski definition) is 2. The molecule has 0 amide bonds. The Morgan fingerprint density at radius 1 is 1.10 bits per heavy atom. The van der Waals surface area contributed by atoms with Gasteiger partial charge in [-0.15, -0.1) is 0 Å². The van der Waals surface area contributed by atoms with Gasteiger partial charge in [0.15, 0.2) is 0 Å². The Kier molecular flexibility index (Phi) is 37.7. The molecule has 2 N–H and O–H groups in total. The summed E-state index contributed by atoms with van der Waals surface area (Å²) in [6.07, 6.45) is 0. The Labute approximate surface area is 122 Å². The van der Waals surface area contributed by atoms with Gasteiger partial charge < -0.3 is 14.5 Å². The van der Waals surface area contributed by atoms with E-state index in [1.165, 1.54) is 0 Å². The maximum absolute atomic E-state index is 9.00. The van der Waals surface area contributed by atoms with Crippen molar-refractivity contribution in [3.8, 4) is 0 Å². The quantitative estimate of drug-likeness (QED) is 0.399. The fourth-order valence-corrected chi connectivity index (χ4v) is 0. The molecule has 0 aliphatic rings. The molecule has 0 saturated carbocycles. The molecule has 10 heavy (non-hydrogen) atoms. The largest absolute Gasteiger partial charge is 2.00 e. The van der Waals surface area contributed by atoms with Crippen LogP contribution in [0.1, 0.15) is 18.1 Å². The van der Waals surface area contributed by atoms with Gasteiger partial charge in [-0.05, 0) is 0 Å². The second-order valence-corrected chi connectivity index (χ2v) is 1.04. The molecule has 0 radical (unpaired) electrons. The monoisotopic (exact) mass is 186 g/mol. The molecule has 0 aliphatic heterocycles. The molecule has 0 atom stereocenters. The molecule has 0 heterocycles. The summed E-state index contributed by atoms with van der Waals surface area (Å²) >= 11 is 0. The third-order valence-corrected chi connectivity index (χ3v) is 0. The van der Waals surface area contributed by atoms with E-state index in [-0.39, 0.29) is 78.7 Å². The standard InChI is InChI=1S/2C2H4O2.K.Mg.3H/c2*1-2(3)4;;;;;/h2*1H3,(H,3,4);;;;;/q;;+1;+2;3*-1. The first kappa shape index (κ1) is 22.5. The summed E-state index contributed by atoms with van der Waals surface area (Å²) in [7, 11) is 0. The number of carbonyl (C=O) groups is 2. The van der Waals surface area contributed by atoms with Crippen molar-refractivity contribution in [3.05, 3.63) is 0 Å². The summed E-state index contributed by atoms with van der Waals surface area (Å²) in [5.74, 6) is -1.67. The number of carboxylic acid groups (broad SMARTS) is 2. The van der Waals surface area contributed by atoms with Gasteiger partial charge in [-0.2, -0.15) is 0 Å². The predicted molar refractivity (Wildman–Crippen MR) is 35.7 cm³/mol. The SMILES string of the molecule is CC(=O)O.CC(=O)O.[H-].[H-].[H-].[K+].[Mg+2]. The number of aliphatic carboxylic acids is 2. The maximum atomic E-state index is 9.00. The van der Waals surface area contributed by atoms with Crippen LogP contribution in [0.15, 0.2) is 0 Å². The van der Waals surface area contributed by atoms with E-state index in [2.05, 4.69) is 0 Å². The average molecular weight is 187 g/mol. The van der Waals surface area contributed by atoms with E-state index in [1.54, 1.807) is 0 Å². The van der Waals surface area contributed by atoms with Gasteiger partial charge in [0.2, 0.25) is 0 Å². The number of rotatable bonds is 0. The van der Waals surface area contributed by atoms with Crippen molar-refractivity contribution in [2.45, 2.75) is 13.8 Å². The van der Waals surface area contributed by atoms with Gasteiger partial charge in [-0.3, -0.25) is 9.59 Å². The topological polar surface area (TPSA) is 74.6 Å².